The fourth-order valence-corrected chi connectivity index (χ4v) is 3.04. The minimum absolute atomic E-state index is 0.289. The number of morpholine rings is 1. The molecule has 1 aromatic rings. The molecule has 0 spiro atoms. The first-order chi connectivity index (χ1) is 13.4. The van der Waals surface area contributed by atoms with E-state index in [1.807, 2.05) is 12.1 Å². The predicted octanol–water partition coefficient (Wildman–Crippen LogP) is 1.63. The summed E-state index contributed by atoms with van der Waals surface area (Å²) in [4.78, 5) is 7.17. The Hall–Kier alpha value is -1.57. The molecule has 0 radical (unpaired) electrons. The molecule has 0 aromatic carbocycles. The molecule has 0 atom stereocenters. The zero-order valence-electron chi connectivity index (χ0n) is 16.5. The number of aliphatic hydroxyl groups excluding tert-OH is 1. The lowest BCUT2D eigenvalue weighted by Gasteiger charge is -2.26. The molecule has 1 aromatic heterocycles. The Morgan fingerprint density at radius 3 is 2.67 bits per heavy atom. The van der Waals surface area contributed by atoms with E-state index < -0.39 is 0 Å². The number of guanidine groups is 1. The van der Waals surface area contributed by atoms with Crippen LogP contribution in [0.15, 0.2) is 27.8 Å². The second kappa shape index (κ2) is 14.5. The maximum Gasteiger partial charge on any atom is 0.191 e. The monoisotopic (exact) mass is 380 g/mol. The van der Waals surface area contributed by atoms with Crippen LogP contribution in [0.3, 0.4) is 0 Å². The lowest BCUT2D eigenvalue weighted by atomic mass is 10.2. The van der Waals surface area contributed by atoms with E-state index in [1.165, 1.54) is 0 Å². The molecule has 27 heavy (non-hydrogen) atoms. The minimum atomic E-state index is 0.289. The third kappa shape index (κ3) is 10.4. The van der Waals surface area contributed by atoms with Gasteiger partial charge in [-0.1, -0.05) is 12.8 Å². The van der Waals surface area contributed by atoms with Gasteiger partial charge in [-0.15, -0.1) is 0 Å². The summed E-state index contributed by atoms with van der Waals surface area (Å²) in [7, 11) is 0. The van der Waals surface area contributed by atoms with Crippen molar-refractivity contribution >= 4 is 5.96 Å². The number of nitrogens with zero attached hydrogens (tertiary/aromatic N) is 2. The predicted molar refractivity (Wildman–Crippen MR) is 108 cm³/mol. The Morgan fingerprint density at radius 2 is 1.89 bits per heavy atom. The van der Waals surface area contributed by atoms with Gasteiger partial charge in [-0.2, -0.15) is 0 Å². The zero-order chi connectivity index (χ0) is 19.0. The summed E-state index contributed by atoms with van der Waals surface area (Å²) in [5.41, 5.74) is 0. The van der Waals surface area contributed by atoms with E-state index in [-0.39, 0.29) is 6.61 Å². The van der Waals surface area contributed by atoms with Gasteiger partial charge >= 0.3 is 0 Å². The number of ether oxygens (including phenoxy) is 1. The lowest BCUT2D eigenvalue weighted by Crippen LogP contribution is -2.39. The van der Waals surface area contributed by atoms with Crippen molar-refractivity contribution in [2.24, 2.45) is 4.99 Å². The van der Waals surface area contributed by atoms with Crippen molar-refractivity contribution in [3.63, 3.8) is 0 Å². The van der Waals surface area contributed by atoms with Gasteiger partial charge in [0.25, 0.3) is 0 Å². The highest BCUT2D eigenvalue weighted by Gasteiger charge is 2.09. The fraction of sp³-hybridized carbons (Fsp3) is 0.750. The number of nitrogens with one attached hydrogen (secondary N) is 2. The van der Waals surface area contributed by atoms with Crippen molar-refractivity contribution in [2.75, 3.05) is 59.1 Å². The van der Waals surface area contributed by atoms with E-state index in [1.54, 1.807) is 6.26 Å². The number of hydrogen-bond donors (Lipinski definition) is 3. The van der Waals surface area contributed by atoms with Crippen molar-refractivity contribution in [2.45, 2.75) is 38.5 Å². The first-order valence-corrected chi connectivity index (χ1v) is 10.3. The van der Waals surface area contributed by atoms with Gasteiger partial charge in [0.1, 0.15) is 5.76 Å². The van der Waals surface area contributed by atoms with Crippen LogP contribution < -0.4 is 10.6 Å². The van der Waals surface area contributed by atoms with Crippen LogP contribution >= 0.6 is 0 Å². The Balaban J connectivity index is 1.65. The second-order valence-corrected chi connectivity index (χ2v) is 6.86. The molecule has 1 aliphatic rings. The highest BCUT2D eigenvalue weighted by Crippen LogP contribution is 2.01. The van der Waals surface area contributed by atoms with Crippen molar-refractivity contribution < 1.29 is 14.3 Å². The van der Waals surface area contributed by atoms with E-state index in [4.69, 9.17) is 19.3 Å². The Labute approximate surface area is 163 Å². The van der Waals surface area contributed by atoms with Crippen LogP contribution in [-0.2, 0) is 11.2 Å². The van der Waals surface area contributed by atoms with E-state index in [0.29, 0.717) is 0 Å². The summed E-state index contributed by atoms with van der Waals surface area (Å²) < 4.78 is 10.8. The van der Waals surface area contributed by atoms with Gasteiger partial charge in [0, 0.05) is 52.3 Å². The number of aliphatic hydroxyl groups is 1. The normalized spacial score (nSPS) is 15.8. The Bertz CT molecular complexity index is 487. The maximum absolute atomic E-state index is 8.84. The molecule has 0 unspecified atom stereocenters. The van der Waals surface area contributed by atoms with Gasteiger partial charge in [0.05, 0.1) is 19.5 Å². The first-order valence-electron chi connectivity index (χ1n) is 10.3. The van der Waals surface area contributed by atoms with Crippen LogP contribution in [0.5, 0.6) is 0 Å². The van der Waals surface area contributed by atoms with Crippen molar-refractivity contribution in [3.8, 4) is 0 Å². The van der Waals surface area contributed by atoms with E-state index in [9.17, 15) is 0 Å². The second-order valence-electron chi connectivity index (χ2n) is 6.86. The summed E-state index contributed by atoms with van der Waals surface area (Å²) in [6.45, 7) is 7.65. The summed E-state index contributed by atoms with van der Waals surface area (Å²) in [6.07, 6.45) is 7.80. The summed E-state index contributed by atoms with van der Waals surface area (Å²) in [5, 5.41) is 15.7. The lowest BCUT2D eigenvalue weighted by molar-refractivity contribution is 0.0377. The molecule has 3 N–H and O–H groups in total. The third-order valence-electron chi connectivity index (χ3n) is 4.63. The molecular weight excluding hydrogens is 344 g/mol. The molecule has 7 nitrogen and oxygen atoms in total. The summed E-state index contributed by atoms with van der Waals surface area (Å²) in [5.74, 6) is 1.86. The van der Waals surface area contributed by atoms with E-state index >= 15 is 0 Å². The molecule has 0 aliphatic carbocycles. The smallest absolute Gasteiger partial charge is 0.191 e. The zero-order valence-corrected chi connectivity index (χ0v) is 16.5. The maximum atomic E-state index is 8.84. The largest absolute Gasteiger partial charge is 0.469 e. The highest BCUT2D eigenvalue weighted by molar-refractivity contribution is 5.79. The number of unbranched alkanes of at least 4 members (excludes halogenated alkanes) is 3. The van der Waals surface area contributed by atoms with Crippen molar-refractivity contribution in [1.29, 1.82) is 0 Å². The molecule has 2 rings (SSSR count). The molecule has 2 heterocycles. The average molecular weight is 381 g/mol. The van der Waals surface area contributed by atoms with Crippen LogP contribution in [0.25, 0.3) is 0 Å². The molecule has 7 heteroatoms. The number of furan rings is 1. The molecule has 1 aliphatic heterocycles. The van der Waals surface area contributed by atoms with Crippen molar-refractivity contribution in [1.82, 2.24) is 15.5 Å². The molecule has 1 fully saturated rings. The standard InChI is InChI=1S/C20H36N4O3/c25-15-4-2-1-3-9-21-20(23-11-8-19-7-5-16-27-19)22-10-6-12-24-13-17-26-18-14-24/h5,7,16,25H,1-4,6,8-15,17-18H2,(H2,21,22,23). The number of hydrogen-bond acceptors (Lipinski definition) is 5. The molecule has 0 amide bonds. The Kier molecular flexibility index (Phi) is 11.7. The quantitative estimate of drug-likeness (QED) is 0.274. The van der Waals surface area contributed by atoms with Crippen LogP contribution in [0, 0.1) is 0 Å². The van der Waals surface area contributed by atoms with E-state index in [0.717, 1.165) is 103 Å². The molecule has 0 bridgehead atoms. The van der Waals surface area contributed by atoms with Gasteiger partial charge in [0.2, 0.25) is 0 Å². The van der Waals surface area contributed by atoms with Crippen molar-refractivity contribution in [3.05, 3.63) is 24.2 Å². The first kappa shape index (κ1) is 21.7. The highest BCUT2D eigenvalue weighted by atomic mass is 16.5. The number of aliphatic imine (C=N–C) groups is 1. The van der Waals surface area contributed by atoms with Crippen LogP contribution in [0.4, 0.5) is 0 Å². The topological polar surface area (TPSA) is 82.3 Å². The number of rotatable bonds is 13. The fourth-order valence-electron chi connectivity index (χ4n) is 3.04. The SMILES string of the molecule is OCCCCCCNC(=NCCCN1CCOCC1)NCCc1ccco1. The molecule has 0 saturated carbocycles. The van der Waals surface area contributed by atoms with Gasteiger partial charge in [-0.25, -0.2) is 0 Å². The van der Waals surface area contributed by atoms with Gasteiger partial charge in [-0.05, 0) is 31.4 Å². The average Bonchev–Trinajstić information content (AvgIpc) is 3.21. The molecular formula is C20H36N4O3. The Morgan fingerprint density at radius 1 is 1.07 bits per heavy atom. The van der Waals surface area contributed by atoms with Crippen LogP contribution in [0.1, 0.15) is 37.9 Å². The van der Waals surface area contributed by atoms with Gasteiger partial charge in [-0.3, -0.25) is 9.89 Å². The minimum Gasteiger partial charge on any atom is -0.469 e. The third-order valence-corrected chi connectivity index (χ3v) is 4.63. The van der Waals surface area contributed by atoms with Crippen LogP contribution in [0.2, 0.25) is 0 Å². The molecule has 154 valence electrons. The van der Waals surface area contributed by atoms with Gasteiger partial charge in [0.15, 0.2) is 5.96 Å². The summed E-state index contributed by atoms with van der Waals surface area (Å²) >= 11 is 0. The summed E-state index contributed by atoms with van der Waals surface area (Å²) in [6, 6.07) is 3.91. The van der Waals surface area contributed by atoms with E-state index in [2.05, 4.69) is 15.5 Å². The molecule has 1 saturated heterocycles. The van der Waals surface area contributed by atoms with Gasteiger partial charge < -0.3 is 24.9 Å². The van der Waals surface area contributed by atoms with Crippen LogP contribution in [-0.4, -0.2) is 75.1 Å².